The van der Waals surface area contributed by atoms with E-state index in [9.17, 15) is 4.79 Å². The van der Waals surface area contributed by atoms with Gasteiger partial charge in [-0.1, -0.05) is 35.5 Å². The minimum Gasteiger partial charge on any atom is -0.493 e. The number of rotatable bonds is 4. The van der Waals surface area contributed by atoms with Crippen LogP contribution in [0, 0.1) is 5.92 Å². The molecule has 4 rings (SSSR count). The Morgan fingerprint density at radius 1 is 1.21 bits per heavy atom. The van der Waals surface area contributed by atoms with Crippen LogP contribution in [0.1, 0.15) is 5.56 Å². The Morgan fingerprint density at radius 2 is 2.04 bits per heavy atom. The van der Waals surface area contributed by atoms with Gasteiger partial charge < -0.3 is 10.1 Å². The molecule has 0 saturated heterocycles. The number of hydrogen-bond acceptors (Lipinski definition) is 4. The van der Waals surface area contributed by atoms with Gasteiger partial charge in [-0.3, -0.25) is 4.79 Å². The van der Waals surface area contributed by atoms with Crippen LogP contribution >= 0.6 is 0 Å². The number of carbonyl (C=O) groups is 1. The third kappa shape index (κ3) is 2.95. The van der Waals surface area contributed by atoms with Crippen LogP contribution in [0.4, 0.5) is 0 Å². The molecular formula is C18H18N4O2. The van der Waals surface area contributed by atoms with Gasteiger partial charge in [0.2, 0.25) is 5.91 Å². The first-order valence-electron chi connectivity index (χ1n) is 8.05. The van der Waals surface area contributed by atoms with Crippen LogP contribution < -0.4 is 10.1 Å². The van der Waals surface area contributed by atoms with Crippen LogP contribution in [-0.2, 0) is 17.8 Å². The van der Waals surface area contributed by atoms with Crippen LogP contribution in [0.5, 0.6) is 5.75 Å². The highest BCUT2D eigenvalue weighted by atomic mass is 16.5. The summed E-state index contributed by atoms with van der Waals surface area (Å²) in [6, 6.07) is 15.7. The van der Waals surface area contributed by atoms with E-state index in [0.29, 0.717) is 13.2 Å². The van der Waals surface area contributed by atoms with Gasteiger partial charge in [-0.15, -0.1) is 5.10 Å². The highest BCUT2D eigenvalue weighted by Crippen LogP contribution is 2.26. The number of aromatic nitrogens is 3. The molecule has 2 aromatic carbocycles. The fourth-order valence-corrected chi connectivity index (χ4v) is 3.01. The monoisotopic (exact) mass is 322 g/mol. The average Bonchev–Trinajstić information content (AvgIpc) is 3.03. The first-order valence-corrected chi connectivity index (χ1v) is 8.05. The van der Waals surface area contributed by atoms with Gasteiger partial charge in [-0.25, -0.2) is 4.68 Å². The summed E-state index contributed by atoms with van der Waals surface area (Å²) >= 11 is 0. The van der Waals surface area contributed by atoms with Crippen LogP contribution in [0.3, 0.4) is 0 Å². The van der Waals surface area contributed by atoms with Crippen molar-refractivity contribution in [3.05, 3.63) is 54.1 Å². The fraction of sp³-hybridized carbons (Fsp3) is 0.278. The van der Waals surface area contributed by atoms with E-state index in [1.807, 2.05) is 42.5 Å². The number of benzene rings is 2. The molecule has 1 amide bonds. The van der Waals surface area contributed by atoms with Crippen LogP contribution in [-0.4, -0.2) is 34.1 Å². The maximum absolute atomic E-state index is 12.2. The van der Waals surface area contributed by atoms with E-state index >= 15 is 0 Å². The zero-order chi connectivity index (χ0) is 16.4. The van der Waals surface area contributed by atoms with Crippen molar-refractivity contribution in [2.24, 2.45) is 5.92 Å². The van der Waals surface area contributed by atoms with Crippen molar-refractivity contribution < 1.29 is 9.53 Å². The molecule has 6 heteroatoms. The Bertz CT molecular complexity index is 874. The minimum atomic E-state index is -0.0653. The number of para-hydroxylation sites is 2. The summed E-state index contributed by atoms with van der Waals surface area (Å²) in [5.41, 5.74) is 2.86. The Hall–Kier alpha value is -2.89. The molecule has 6 nitrogen and oxygen atoms in total. The predicted octanol–water partition coefficient (Wildman–Crippen LogP) is 1.80. The minimum absolute atomic E-state index is 0.0653. The summed E-state index contributed by atoms with van der Waals surface area (Å²) in [7, 11) is 0. The molecule has 2 heterocycles. The standard InChI is InChI=1S/C18H18N4O2/c23-18(11-22-16-7-3-2-6-15(16)20-21-22)19-10-13-9-14-5-1-4-8-17(14)24-12-13/h1-8,13H,9-12H2,(H,19,23)/t13-/m1/s1. The molecule has 1 atom stereocenters. The number of nitrogens with one attached hydrogen (secondary N) is 1. The van der Waals surface area contributed by atoms with Crippen molar-refractivity contribution in [2.75, 3.05) is 13.2 Å². The number of ether oxygens (including phenoxy) is 1. The van der Waals surface area contributed by atoms with Gasteiger partial charge in [0.15, 0.2) is 0 Å². The van der Waals surface area contributed by atoms with Crippen LogP contribution in [0.25, 0.3) is 11.0 Å². The normalized spacial score (nSPS) is 16.4. The van der Waals surface area contributed by atoms with Gasteiger partial charge in [0.25, 0.3) is 0 Å². The largest absolute Gasteiger partial charge is 0.493 e. The van der Waals surface area contributed by atoms with Crippen molar-refractivity contribution in [1.82, 2.24) is 20.3 Å². The Kier molecular flexibility index (Phi) is 3.86. The highest BCUT2D eigenvalue weighted by molar-refractivity contribution is 5.79. The van der Waals surface area contributed by atoms with E-state index in [1.165, 1.54) is 5.56 Å². The number of nitrogens with zero attached hydrogens (tertiary/aromatic N) is 3. The molecule has 122 valence electrons. The summed E-state index contributed by atoms with van der Waals surface area (Å²) in [6.07, 6.45) is 0.919. The SMILES string of the molecule is O=C(Cn1nnc2ccccc21)NC[C@@H]1COc2ccccc2C1. The molecule has 0 aliphatic carbocycles. The average molecular weight is 322 g/mol. The molecule has 3 aromatic rings. The number of carbonyl (C=O) groups excluding carboxylic acids is 1. The fourth-order valence-electron chi connectivity index (χ4n) is 3.01. The van der Waals surface area contributed by atoms with E-state index in [-0.39, 0.29) is 18.4 Å². The van der Waals surface area contributed by atoms with E-state index in [0.717, 1.165) is 23.2 Å². The number of amides is 1. The van der Waals surface area contributed by atoms with E-state index in [2.05, 4.69) is 21.7 Å². The van der Waals surface area contributed by atoms with Crippen molar-refractivity contribution in [2.45, 2.75) is 13.0 Å². The molecule has 0 bridgehead atoms. The predicted molar refractivity (Wildman–Crippen MR) is 89.7 cm³/mol. The van der Waals surface area contributed by atoms with Gasteiger partial charge in [0.1, 0.15) is 17.8 Å². The summed E-state index contributed by atoms with van der Waals surface area (Å²) in [4.78, 5) is 12.2. The van der Waals surface area contributed by atoms with Gasteiger partial charge in [0.05, 0.1) is 12.1 Å². The summed E-state index contributed by atoms with van der Waals surface area (Å²) in [6.45, 7) is 1.40. The molecule has 0 spiro atoms. The van der Waals surface area contributed by atoms with Crippen molar-refractivity contribution in [1.29, 1.82) is 0 Å². The lowest BCUT2D eigenvalue weighted by molar-refractivity contribution is -0.122. The van der Waals surface area contributed by atoms with Gasteiger partial charge in [-0.05, 0) is 30.2 Å². The number of hydrogen-bond donors (Lipinski definition) is 1. The van der Waals surface area contributed by atoms with Crippen LogP contribution in [0.2, 0.25) is 0 Å². The third-order valence-electron chi connectivity index (χ3n) is 4.26. The van der Waals surface area contributed by atoms with E-state index in [1.54, 1.807) is 4.68 Å². The van der Waals surface area contributed by atoms with Crippen molar-refractivity contribution >= 4 is 16.9 Å². The van der Waals surface area contributed by atoms with E-state index < -0.39 is 0 Å². The molecule has 0 radical (unpaired) electrons. The second-order valence-electron chi connectivity index (χ2n) is 6.03. The van der Waals surface area contributed by atoms with Gasteiger partial charge >= 0.3 is 0 Å². The quantitative estimate of drug-likeness (QED) is 0.795. The topological polar surface area (TPSA) is 69.0 Å². The maximum Gasteiger partial charge on any atom is 0.241 e. The zero-order valence-electron chi connectivity index (χ0n) is 13.2. The van der Waals surface area contributed by atoms with Gasteiger partial charge in [-0.2, -0.15) is 0 Å². The first kappa shape index (κ1) is 14.7. The van der Waals surface area contributed by atoms with Crippen LogP contribution in [0.15, 0.2) is 48.5 Å². The maximum atomic E-state index is 12.2. The lowest BCUT2D eigenvalue weighted by Crippen LogP contribution is -2.36. The second-order valence-corrected chi connectivity index (χ2v) is 6.03. The van der Waals surface area contributed by atoms with E-state index in [4.69, 9.17) is 4.74 Å². The highest BCUT2D eigenvalue weighted by Gasteiger charge is 2.20. The van der Waals surface area contributed by atoms with Crippen molar-refractivity contribution in [3.63, 3.8) is 0 Å². The zero-order valence-corrected chi connectivity index (χ0v) is 13.2. The molecule has 1 N–H and O–H groups in total. The smallest absolute Gasteiger partial charge is 0.241 e. The molecular weight excluding hydrogens is 304 g/mol. The molecule has 1 aliphatic rings. The molecule has 1 aromatic heterocycles. The summed E-state index contributed by atoms with van der Waals surface area (Å²) in [5, 5.41) is 11.1. The Balaban J connectivity index is 1.34. The second kappa shape index (κ2) is 6.31. The summed E-state index contributed by atoms with van der Waals surface area (Å²) in [5.74, 6) is 1.18. The van der Waals surface area contributed by atoms with Crippen molar-refractivity contribution in [3.8, 4) is 5.75 Å². The summed E-state index contributed by atoms with van der Waals surface area (Å²) < 4.78 is 7.38. The molecule has 1 aliphatic heterocycles. The third-order valence-corrected chi connectivity index (χ3v) is 4.26. The molecule has 24 heavy (non-hydrogen) atoms. The Labute approximate surface area is 139 Å². The first-order chi connectivity index (χ1) is 11.8. The molecule has 0 saturated carbocycles. The van der Waals surface area contributed by atoms with Gasteiger partial charge in [0, 0.05) is 12.5 Å². The number of fused-ring (bicyclic) bond motifs is 2. The lowest BCUT2D eigenvalue weighted by atomic mass is 9.97. The Morgan fingerprint density at radius 3 is 3.00 bits per heavy atom. The lowest BCUT2D eigenvalue weighted by Gasteiger charge is -2.25. The molecule has 0 fully saturated rings. The molecule has 0 unspecified atom stereocenters.